The zero-order chi connectivity index (χ0) is 23.9. The van der Waals surface area contributed by atoms with Crippen LogP contribution in [0.1, 0.15) is 55.8 Å². The van der Waals surface area contributed by atoms with E-state index in [0.717, 1.165) is 71.2 Å². The summed E-state index contributed by atoms with van der Waals surface area (Å²) in [5, 5.41) is 4.87. The van der Waals surface area contributed by atoms with Crippen molar-refractivity contribution >= 4 is 16.9 Å². The van der Waals surface area contributed by atoms with E-state index in [-0.39, 0.29) is 12.1 Å². The number of fused-ring (bicyclic) bond motifs is 2. The van der Waals surface area contributed by atoms with Gasteiger partial charge >= 0.3 is 6.03 Å². The van der Waals surface area contributed by atoms with Gasteiger partial charge in [-0.3, -0.25) is 9.80 Å². The molecule has 2 saturated heterocycles. The summed E-state index contributed by atoms with van der Waals surface area (Å²) in [6.07, 6.45) is 4.86. The van der Waals surface area contributed by atoms with Crippen molar-refractivity contribution < 1.29 is 9.53 Å². The van der Waals surface area contributed by atoms with Crippen LogP contribution in [0.4, 0.5) is 4.79 Å². The Hall–Kier alpha value is -2.09. The summed E-state index contributed by atoms with van der Waals surface area (Å²) >= 11 is 0. The molecular weight excluding hydrogens is 438 g/mol. The Morgan fingerprint density at radius 2 is 2.00 bits per heavy atom. The minimum Gasteiger partial charge on any atom is -0.379 e. The van der Waals surface area contributed by atoms with Gasteiger partial charge in [0, 0.05) is 80.4 Å². The largest absolute Gasteiger partial charge is 0.379 e. The minimum absolute atomic E-state index is 0.0916. The molecule has 0 radical (unpaired) electrons. The number of rotatable bonds is 7. The maximum Gasteiger partial charge on any atom is 0.317 e. The minimum atomic E-state index is 0.0916. The molecule has 1 aromatic heterocycles. The lowest BCUT2D eigenvalue weighted by molar-refractivity contribution is 0.0335. The second kappa shape index (κ2) is 9.75. The molecule has 1 saturated carbocycles. The third-order valence-corrected chi connectivity index (χ3v) is 8.84. The van der Waals surface area contributed by atoms with Crippen molar-refractivity contribution in [3.05, 3.63) is 35.0 Å². The van der Waals surface area contributed by atoms with E-state index in [2.05, 4.69) is 52.1 Å². The number of morpholine rings is 1. The number of hydrogen-bond donors (Lipinski definition) is 2. The average molecular weight is 480 g/mol. The quantitative estimate of drug-likeness (QED) is 0.638. The molecule has 0 bridgehead atoms. The van der Waals surface area contributed by atoms with E-state index in [9.17, 15) is 4.79 Å². The Balaban J connectivity index is 1.31. The first-order valence-electron chi connectivity index (χ1n) is 13.9. The third kappa shape index (κ3) is 4.58. The number of carbonyl (C=O) groups excluding carboxylic acids is 1. The molecule has 6 rings (SSSR count). The van der Waals surface area contributed by atoms with Gasteiger partial charge in [-0.15, -0.1) is 0 Å². The zero-order valence-electron chi connectivity index (χ0n) is 21.4. The lowest BCUT2D eigenvalue weighted by Crippen LogP contribution is -2.58. The van der Waals surface area contributed by atoms with Gasteiger partial charge in [0.05, 0.1) is 13.2 Å². The molecule has 7 heteroatoms. The second-order valence-electron chi connectivity index (χ2n) is 11.1. The smallest absolute Gasteiger partial charge is 0.317 e. The van der Waals surface area contributed by atoms with Crippen LogP contribution >= 0.6 is 0 Å². The Kier molecular flexibility index (Phi) is 6.50. The van der Waals surface area contributed by atoms with Gasteiger partial charge in [-0.2, -0.15) is 0 Å². The molecule has 3 atom stereocenters. The highest BCUT2D eigenvalue weighted by molar-refractivity contribution is 5.89. The van der Waals surface area contributed by atoms with Gasteiger partial charge < -0.3 is 19.9 Å². The van der Waals surface area contributed by atoms with Crippen LogP contribution in [0, 0.1) is 5.92 Å². The molecule has 0 spiro atoms. The first-order chi connectivity index (χ1) is 17.1. The first-order valence-corrected chi connectivity index (χ1v) is 13.9. The van der Waals surface area contributed by atoms with Crippen LogP contribution in [-0.2, 0) is 17.7 Å². The van der Waals surface area contributed by atoms with Crippen molar-refractivity contribution in [3.8, 4) is 0 Å². The summed E-state index contributed by atoms with van der Waals surface area (Å²) < 4.78 is 5.59. The van der Waals surface area contributed by atoms with Crippen LogP contribution in [0.2, 0.25) is 0 Å². The number of hydrogen-bond acceptors (Lipinski definition) is 4. The molecule has 2 aromatic rings. The average Bonchev–Trinajstić information content (AvgIpc) is 3.62. The first kappa shape index (κ1) is 23.3. The molecule has 3 heterocycles. The second-order valence-corrected chi connectivity index (χ2v) is 11.1. The normalized spacial score (nSPS) is 27.1. The predicted octanol–water partition coefficient (Wildman–Crippen LogP) is 3.54. The Morgan fingerprint density at radius 1 is 1.20 bits per heavy atom. The standard InChI is InChI=1S/C28H41N5O2/c1-3-32(4-2)28(34)29-20-14-22-21-6-5-7-24-27(21)23(15-26(22)33(17-20)16-19-8-9-19)25(30-24)18-31-10-12-35-13-11-31/h5-7,19-20,22,26,30H,3-4,8-18H2,1-2H3,(H,29,34)/t20-,22+,26+/m0/s1. The van der Waals surface area contributed by atoms with Gasteiger partial charge in [-0.1, -0.05) is 12.1 Å². The Morgan fingerprint density at radius 3 is 2.74 bits per heavy atom. The molecule has 2 aliphatic heterocycles. The van der Waals surface area contributed by atoms with Crippen LogP contribution in [0.3, 0.4) is 0 Å². The van der Waals surface area contributed by atoms with Crippen LogP contribution in [0.5, 0.6) is 0 Å². The molecule has 2 N–H and O–H groups in total. The topological polar surface area (TPSA) is 63.8 Å². The summed E-state index contributed by atoms with van der Waals surface area (Å²) in [5.41, 5.74) is 5.70. The number of aromatic nitrogens is 1. The summed E-state index contributed by atoms with van der Waals surface area (Å²) in [4.78, 5) is 23.9. The van der Waals surface area contributed by atoms with E-state index in [1.807, 2.05) is 4.90 Å². The molecule has 7 nitrogen and oxygen atoms in total. The van der Waals surface area contributed by atoms with E-state index >= 15 is 0 Å². The number of ether oxygens (including phenoxy) is 1. The monoisotopic (exact) mass is 479 g/mol. The predicted molar refractivity (Wildman–Crippen MR) is 139 cm³/mol. The molecule has 4 aliphatic rings. The van der Waals surface area contributed by atoms with E-state index in [4.69, 9.17) is 4.74 Å². The van der Waals surface area contributed by atoms with E-state index in [1.54, 1.807) is 0 Å². The number of nitrogens with one attached hydrogen (secondary N) is 2. The fraction of sp³-hybridized carbons (Fsp3) is 0.679. The van der Waals surface area contributed by atoms with Gasteiger partial charge in [0.2, 0.25) is 0 Å². The van der Waals surface area contributed by atoms with Crippen molar-refractivity contribution in [2.75, 3.05) is 52.5 Å². The highest BCUT2D eigenvalue weighted by atomic mass is 16.5. The van der Waals surface area contributed by atoms with E-state index < -0.39 is 0 Å². The lowest BCUT2D eigenvalue weighted by Gasteiger charge is -2.47. The van der Waals surface area contributed by atoms with E-state index in [1.165, 1.54) is 47.1 Å². The number of amides is 2. The number of likely N-dealkylation sites (tertiary alicyclic amines) is 1. The summed E-state index contributed by atoms with van der Waals surface area (Å²) in [6.45, 7) is 12.4. The molecule has 1 aromatic carbocycles. The SMILES string of the molecule is CCN(CC)C(=O)N[C@H]1C[C@@H]2c3cccc4[nH]c(CN5CCOCC5)c(c34)C[C@H]2N(CC2CC2)C1. The van der Waals surface area contributed by atoms with Crippen molar-refractivity contribution in [2.24, 2.45) is 5.92 Å². The van der Waals surface area contributed by atoms with Gasteiger partial charge in [-0.05, 0) is 62.6 Å². The fourth-order valence-corrected chi connectivity index (χ4v) is 6.80. The van der Waals surface area contributed by atoms with Gasteiger partial charge in [0.1, 0.15) is 0 Å². The fourth-order valence-electron chi connectivity index (χ4n) is 6.80. The van der Waals surface area contributed by atoms with Gasteiger partial charge in [0.25, 0.3) is 0 Å². The number of aromatic amines is 1. The number of H-pyrrole nitrogens is 1. The van der Waals surface area contributed by atoms with Crippen molar-refractivity contribution in [1.29, 1.82) is 0 Å². The number of nitrogens with zero attached hydrogens (tertiary/aromatic N) is 3. The highest BCUT2D eigenvalue weighted by Gasteiger charge is 2.43. The maximum atomic E-state index is 12.9. The number of piperidine rings is 1. The third-order valence-electron chi connectivity index (χ3n) is 8.84. The molecule has 2 aliphatic carbocycles. The number of benzene rings is 1. The van der Waals surface area contributed by atoms with Gasteiger partial charge in [0.15, 0.2) is 0 Å². The van der Waals surface area contributed by atoms with Crippen molar-refractivity contribution in [3.63, 3.8) is 0 Å². The molecular formula is C28H41N5O2. The molecule has 190 valence electrons. The van der Waals surface area contributed by atoms with Crippen molar-refractivity contribution in [1.82, 2.24) is 25.0 Å². The Bertz CT molecular complexity index is 1050. The van der Waals surface area contributed by atoms with Crippen LogP contribution in [0.15, 0.2) is 18.2 Å². The van der Waals surface area contributed by atoms with Crippen LogP contribution < -0.4 is 5.32 Å². The number of carbonyl (C=O) groups is 1. The molecule has 35 heavy (non-hydrogen) atoms. The zero-order valence-corrected chi connectivity index (χ0v) is 21.4. The summed E-state index contributed by atoms with van der Waals surface area (Å²) in [7, 11) is 0. The summed E-state index contributed by atoms with van der Waals surface area (Å²) in [6, 6.07) is 7.65. The summed E-state index contributed by atoms with van der Waals surface area (Å²) in [5.74, 6) is 1.30. The van der Waals surface area contributed by atoms with Crippen molar-refractivity contribution in [2.45, 2.75) is 64.1 Å². The molecule has 3 fully saturated rings. The van der Waals surface area contributed by atoms with E-state index in [0.29, 0.717) is 12.0 Å². The maximum absolute atomic E-state index is 12.9. The molecule has 2 amide bonds. The van der Waals surface area contributed by atoms with Gasteiger partial charge in [-0.25, -0.2) is 4.79 Å². The Labute approximate surface area is 209 Å². The number of urea groups is 1. The van der Waals surface area contributed by atoms with Crippen LogP contribution in [0.25, 0.3) is 10.9 Å². The molecule has 0 unspecified atom stereocenters. The highest BCUT2D eigenvalue weighted by Crippen LogP contribution is 2.46. The van der Waals surface area contributed by atoms with Crippen LogP contribution in [-0.4, -0.2) is 90.3 Å². The lowest BCUT2D eigenvalue weighted by atomic mass is 9.73.